The molecule has 0 saturated carbocycles. The molecule has 0 fully saturated rings. The molecule has 26 heavy (non-hydrogen) atoms. The van der Waals surface area contributed by atoms with Crippen LogP contribution in [-0.4, -0.2) is 17.4 Å². The molecule has 2 aromatic rings. The Bertz CT molecular complexity index is 746. The third kappa shape index (κ3) is 4.66. The summed E-state index contributed by atoms with van der Waals surface area (Å²) in [7, 11) is 0. The number of hydrogen-bond donors (Lipinski definition) is 1. The lowest BCUT2D eigenvalue weighted by Gasteiger charge is -2.31. The van der Waals surface area contributed by atoms with E-state index < -0.39 is 17.9 Å². The number of ether oxygens (including phenoxy) is 1. The van der Waals surface area contributed by atoms with Gasteiger partial charge in [-0.2, -0.15) is 13.2 Å². The summed E-state index contributed by atoms with van der Waals surface area (Å²) in [6, 6.07) is 15.9. The van der Waals surface area contributed by atoms with Crippen molar-refractivity contribution in [1.82, 2.24) is 0 Å². The van der Waals surface area contributed by atoms with Gasteiger partial charge in [-0.1, -0.05) is 86.4 Å². The van der Waals surface area contributed by atoms with Gasteiger partial charge in [-0.05, 0) is 11.5 Å². The van der Waals surface area contributed by atoms with Gasteiger partial charge >= 0.3 is 6.18 Å². The Morgan fingerprint density at radius 3 is 2.00 bits per heavy atom. The van der Waals surface area contributed by atoms with Crippen LogP contribution in [0.1, 0.15) is 25.0 Å². The highest BCUT2D eigenvalue weighted by Crippen LogP contribution is 2.42. The van der Waals surface area contributed by atoms with E-state index >= 15 is 0 Å². The van der Waals surface area contributed by atoms with Gasteiger partial charge in [-0.3, -0.25) is 0 Å². The van der Waals surface area contributed by atoms with Crippen molar-refractivity contribution in [3.63, 3.8) is 0 Å². The van der Waals surface area contributed by atoms with E-state index in [4.69, 9.17) is 4.74 Å². The lowest BCUT2D eigenvalue weighted by molar-refractivity contribution is -0.263. The molecule has 0 heterocycles. The van der Waals surface area contributed by atoms with Gasteiger partial charge in [0.1, 0.15) is 6.10 Å². The SMILES string of the molecule is CC(C)C(O)C#CC(OCc1ccccc1)(c1ccccc1)C(F)(F)F. The van der Waals surface area contributed by atoms with E-state index in [0.29, 0.717) is 5.56 Å². The number of halogens is 3. The molecule has 0 bridgehead atoms. The average Bonchev–Trinajstić information content (AvgIpc) is 2.62. The van der Waals surface area contributed by atoms with Gasteiger partial charge < -0.3 is 9.84 Å². The van der Waals surface area contributed by atoms with Gasteiger partial charge in [0.05, 0.1) is 6.61 Å². The van der Waals surface area contributed by atoms with E-state index in [0.717, 1.165) is 0 Å². The molecule has 0 radical (unpaired) electrons. The fourth-order valence-corrected chi connectivity index (χ4v) is 2.29. The lowest BCUT2D eigenvalue weighted by Crippen LogP contribution is -2.44. The van der Waals surface area contributed by atoms with E-state index in [9.17, 15) is 18.3 Å². The Morgan fingerprint density at radius 1 is 0.962 bits per heavy atom. The van der Waals surface area contributed by atoms with Crippen molar-refractivity contribution in [2.45, 2.75) is 38.3 Å². The maximum Gasteiger partial charge on any atom is 0.433 e. The Hall–Kier alpha value is -2.29. The predicted molar refractivity (Wildman–Crippen MR) is 94.0 cm³/mol. The zero-order chi connectivity index (χ0) is 19.2. The Morgan fingerprint density at radius 2 is 1.50 bits per heavy atom. The third-order valence-corrected chi connectivity index (χ3v) is 3.91. The molecule has 5 heteroatoms. The molecule has 2 atom stereocenters. The second-order valence-corrected chi connectivity index (χ2v) is 6.28. The number of benzene rings is 2. The standard InChI is InChI=1S/C21H21F3O2/c1-16(2)19(25)13-14-20(21(22,23)24,18-11-7-4-8-12-18)26-15-17-9-5-3-6-10-17/h3-12,16,19,25H,15H2,1-2H3. The summed E-state index contributed by atoms with van der Waals surface area (Å²) < 4.78 is 47.7. The Balaban J connectivity index is 2.50. The van der Waals surface area contributed by atoms with E-state index in [2.05, 4.69) is 11.8 Å². The molecule has 0 saturated heterocycles. The topological polar surface area (TPSA) is 29.5 Å². The van der Waals surface area contributed by atoms with Crippen LogP contribution in [0.2, 0.25) is 0 Å². The summed E-state index contributed by atoms with van der Waals surface area (Å²) in [4.78, 5) is 0. The molecule has 0 aliphatic heterocycles. The quantitative estimate of drug-likeness (QED) is 0.783. The third-order valence-electron chi connectivity index (χ3n) is 3.91. The zero-order valence-electron chi connectivity index (χ0n) is 14.6. The van der Waals surface area contributed by atoms with E-state index in [1.807, 2.05) is 0 Å². The van der Waals surface area contributed by atoms with Gasteiger partial charge in [-0.25, -0.2) is 0 Å². The highest BCUT2D eigenvalue weighted by Gasteiger charge is 2.57. The first-order valence-electron chi connectivity index (χ1n) is 8.27. The minimum Gasteiger partial charge on any atom is -0.380 e. The van der Waals surface area contributed by atoms with Crippen molar-refractivity contribution in [2.75, 3.05) is 0 Å². The summed E-state index contributed by atoms with van der Waals surface area (Å²) >= 11 is 0. The van der Waals surface area contributed by atoms with Crippen LogP contribution in [0.4, 0.5) is 13.2 Å². The minimum absolute atomic E-state index is 0.119. The first-order valence-corrected chi connectivity index (χ1v) is 8.27. The maximum atomic E-state index is 14.1. The summed E-state index contributed by atoms with van der Waals surface area (Å²) in [5, 5.41) is 9.89. The van der Waals surface area contributed by atoms with Gasteiger partial charge in [0.2, 0.25) is 0 Å². The first-order chi connectivity index (χ1) is 12.3. The van der Waals surface area contributed by atoms with Crippen LogP contribution in [0.15, 0.2) is 60.7 Å². The molecule has 1 N–H and O–H groups in total. The van der Waals surface area contributed by atoms with Crippen molar-refractivity contribution < 1.29 is 23.0 Å². The van der Waals surface area contributed by atoms with Crippen molar-refractivity contribution in [3.8, 4) is 11.8 Å². The molecule has 2 unspecified atom stereocenters. The number of aliphatic hydroxyl groups is 1. The molecule has 0 amide bonds. The molecule has 2 rings (SSSR count). The number of alkyl halides is 3. The molecule has 2 aromatic carbocycles. The minimum atomic E-state index is -4.78. The van der Waals surface area contributed by atoms with Crippen LogP contribution in [-0.2, 0) is 16.9 Å². The molecule has 0 spiro atoms. The van der Waals surface area contributed by atoms with Crippen LogP contribution < -0.4 is 0 Å². The fraction of sp³-hybridized carbons (Fsp3) is 0.333. The number of hydrogen-bond acceptors (Lipinski definition) is 2. The van der Waals surface area contributed by atoms with Crippen LogP contribution in [0.25, 0.3) is 0 Å². The van der Waals surface area contributed by atoms with Gasteiger partial charge in [0, 0.05) is 5.56 Å². The molecule has 0 aromatic heterocycles. The van der Waals surface area contributed by atoms with Crippen LogP contribution >= 0.6 is 0 Å². The molecule has 0 aliphatic rings. The van der Waals surface area contributed by atoms with Crippen molar-refractivity contribution >= 4 is 0 Å². The Labute approximate surface area is 151 Å². The smallest absolute Gasteiger partial charge is 0.380 e. The summed E-state index contributed by atoms with van der Waals surface area (Å²) in [5.74, 6) is 4.23. The first kappa shape index (κ1) is 20.0. The van der Waals surface area contributed by atoms with Gasteiger partial charge in [0.25, 0.3) is 5.60 Å². The molecular weight excluding hydrogens is 341 g/mol. The molecular formula is C21H21F3O2. The summed E-state index contributed by atoms with van der Waals surface area (Å²) in [6.07, 6.45) is -5.96. The van der Waals surface area contributed by atoms with E-state index in [1.54, 1.807) is 50.2 Å². The summed E-state index contributed by atoms with van der Waals surface area (Å²) in [6.45, 7) is 3.10. The van der Waals surface area contributed by atoms with Crippen LogP contribution in [0.3, 0.4) is 0 Å². The van der Waals surface area contributed by atoms with Crippen molar-refractivity contribution in [3.05, 3.63) is 71.8 Å². The number of aliphatic hydroxyl groups excluding tert-OH is 1. The van der Waals surface area contributed by atoms with E-state index in [-0.39, 0.29) is 18.1 Å². The largest absolute Gasteiger partial charge is 0.433 e. The van der Waals surface area contributed by atoms with E-state index in [1.165, 1.54) is 24.3 Å². The Kier molecular flexibility index (Phi) is 6.47. The molecule has 2 nitrogen and oxygen atoms in total. The van der Waals surface area contributed by atoms with Crippen molar-refractivity contribution in [2.24, 2.45) is 5.92 Å². The van der Waals surface area contributed by atoms with Gasteiger partial charge in [0.15, 0.2) is 0 Å². The van der Waals surface area contributed by atoms with Crippen molar-refractivity contribution in [1.29, 1.82) is 0 Å². The summed E-state index contributed by atoms with van der Waals surface area (Å²) in [5.41, 5.74) is -2.34. The average molecular weight is 362 g/mol. The maximum absolute atomic E-state index is 14.1. The normalized spacial score (nSPS) is 15.0. The lowest BCUT2D eigenvalue weighted by atomic mass is 9.92. The second-order valence-electron chi connectivity index (χ2n) is 6.28. The molecule has 0 aliphatic carbocycles. The molecule has 138 valence electrons. The zero-order valence-corrected chi connectivity index (χ0v) is 14.6. The highest BCUT2D eigenvalue weighted by molar-refractivity contribution is 5.35. The highest BCUT2D eigenvalue weighted by atomic mass is 19.4. The monoisotopic (exact) mass is 362 g/mol. The predicted octanol–water partition coefficient (Wildman–Crippen LogP) is 4.68. The van der Waals surface area contributed by atoms with Crippen LogP contribution in [0, 0.1) is 17.8 Å². The van der Waals surface area contributed by atoms with Gasteiger partial charge in [-0.15, -0.1) is 0 Å². The van der Waals surface area contributed by atoms with Crippen LogP contribution in [0.5, 0.6) is 0 Å². The fourth-order valence-electron chi connectivity index (χ4n) is 2.29. The second kappa shape index (κ2) is 8.39. The number of rotatable bonds is 5.